The highest BCUT2D eigenvalue weighted by atomic mass is 16.5. The first-order valence-corrected chi connectivity index (χ1v) is 12.2. The molecule has 2 aromatic carbocycles. The van der Waals surface area contributed by atoms with E-state index in [1.54, 1.807) is 12.1 Å². The van der Waals surface area contributed by atoms with E-state index < -0.39 is 0 Å². The number of hydrogen-bond donors (Lipinski definition) is 0. The molecule has 0 aliphatic heterocycles. The largest absolute Gasteiger partial charge is 0.494 e. The van der Waals surface area contributed by atoms with Gasteiger partial charge in [0.1, 0.15) is 11.5 Å². The van der Waals surface area contributed by atoms with Crippen LogP contribution in [0.3, 0.4) is 0 Å². The van der Waals surface area contributed by atoms with Crippen molar-refractivity contribution in [3.8, 4) is 11.5 Å². The van der Waals surface area contributed by atoms with Crippen molar-refractivity contribution in [2.75, 3.05) is 6.61 Å². The fourth-order valence-corrected chi connectivity index (χ4v) is 4.65. The van der Waals surface area contributed by atoms with Crippen molar-refractivity contribution in [2.45, 2.75) is 78.1 Å². The van der Waals surface area contributed by atoms with Crippen LogP contribution in [0, 0.1) is 11.8 Å². The quantitative estimate of drug-likeness (QED) is 0.212. The van der Waals surface area contributed by atoms with Gasteiger partial charge in [-0.15, -0.1) is 0 Å². The van der Waals surface area contributed by atoms with E-state index in [-0.39, 0.29) is 5.97 Å². The van der Waals surface area contributed by atoms with Crippen LogP contribution in [-0.2, 0) is 6.42 Å². The lowest BCUT2D eigenvalue weighted by Gasteiger charge is -2.28. The van der Waals surface area contributed by atoms with Crippen LogP contribution in [0.2, 0.25) is 0 Å². The third-order valence-corrected chi connectivity index (χ3v) is 6.45. The summed E-state index contributed by atoms with van der Waals surface area (Å²) in [7, 11) is 0. The lowest BCUT2D eigenvalue weighted by molar-refractivity contribution is 0.0734. The standard InChI is InChI=1S/C28H38O3/c1-3-6-22-9-11-24(12-10-22)8-5-21-30-26-19-15-25(16-20-26)28(29)31-27-17-13-23(7-4-2)14-18-27/h13-20,22,24H,3-12,21H2,1-2H3/t22-,24-. The SMILES string of the molecule is CCCc1ccc(OC(=O)c2ccc(OCCC[C@H]3CC[C@H](CCC)CC3)cc2)cc1. The molecule has 1 aliphatic rings. The van der Waals surface area contributed by atoms with Gasteiger partial charge < -0.3 is 9.47 Å². The Bertz CT molecular complexity index is 771. The van der Waals surface area contributed by atoms with Gasteiger partial charge in [0, 0.05) is 0 Å². The normalized spacial score (nSPS) is 18.5. The molecule has 0 heterocycles. The maximum Gasteiger partial charge on any atom is 0.343 e. The van der Waals surface area contributed by atoms with E-state index in [2.05, 4.69) is 13.8 Å². The molecule has 0 radical (unpaired) electrons. The zero-order valence-corrected chi connectivity index (χ0v) is 19.3. The number of esters is 1. The van der Waals surface area contributed by atoms with Gasteiger partial charge in [-0.05, 0) is 73.1 Å². The summed E-state index contributed by atoms with van der Waals surface area (Å²) in [6, 6.07) is 15.0. The topological polar surface area (TPSA) is 35.5 Å². The van der Waals surface area contributed by atoms with Gasteiger partial charge in [0.05, 0.1) is 12.2 Å². The van der Waals surface area contributed by atoms with Crippen LogP contribution in [-0.4, -0.2) is 12.6 Å². The number of carbonyl (C=O) groups is 1. The molecule has 0 spiro atoms. The average molecular weight is 423 g/mol. The summed E-state index contributed by atoms with van der Waals surface area (Å²) in [5, 5.41) is 0. The van der Waals surface area contributed by atoms with Crippen molar-refractivity contribution in [3.63, 3.8) is 0 Å². The summed E-state index contributed by atoms with van der Waals surface area (Å²) in [6.45, 7) is 5.19. The van der Waals surface area contributed by atoms with Crippen LogP contribution in [0.15, 0.2) is 48.5 Å². The van der Waals surface area contributed by atoms with E-state index in [4.69, 9.17) is 9.47 Å². The Morgan fingerprint density at radius 1 is 0.806 bits per heavy atom. The Morgan fingerprint density at radius 2 is 1.42 bits per heavy atom. The predicted octanol–water partition coefficient (Wildman–Crippen LogP) is 7.62. The molecule has 3 heteroatoms. The van der Waals surface area contributed by atoms with E-state index in [9.17, 15) is 4.79 Å². The Morgan fingerprint density at radius 3 is 2.03 bits per heavy atom. The van der Waals surface area contributed by atoms with Crippen LogP contribution >= 0.6 is 0 Å². The van der Waals surface area contributed by atoms with Gasteiger partial charge in [-0.1, -0.05) is 70.9 Å². The second kappa shape index (κ2) is 12.5. The van der Waals surface area contributed by atoms with Crippen molar-refractivity contribution >= 4 is 5.97 Å². The summed E-state index contributed by atoms with van der Waals surface area (Å²) >= 11 is 0. The lowest BCUT2D eigenvalue weighted by Crippen LogP contribution is -2.15. The van der Waals surface area contributed by atoms with Gasteiger partial charge in [0.15, 0.2) is 0 Å². The molecular formula is C28H38O3. The molecular weight excluding hydrogens is 384 g/mol. The fourth-order valence-electron chi connectivity index (χ4n) is 4.65. The number of benzene rings is 2. The predicted molar refractivity (Wildman–Crippen MR) is 127 cm³/mol. The molecule has 0 unspecified atom stereocenters. The monoisotopic (exact) mass is 422 g/mol. The van der Waals surface area contributed by atoms with Crippen LogP contribution in [0.5, 0.6) is 11.5 Å². The minimum Gasteiger partial charge on any atom is -0.494 e. The van der Waals surface area contributed by atoms with Gasteiger partial charge in [0.25, 0.3) is 0 Å². The smallest absolute Gasteiger partial charge is 0.343 e. The Balaban J connectivity index is 1.36. The molecule has 2 aromatic rings. The second-order valence-electron chi connectivity index (χ2n) is 8.97. The molecule has 0 bridgehead atoms. The fraction of sp³-hybridized carbons (Fsp3) is 0.536. The van der Waals surface area contributed by atoms with Gasteiger partial charge in [-0.25, -0.2) is 4.79 Å². The zero-order chi connectivity index (χ0) is 21.9. The lowest BCUT2D eigenvalue weighted by atomic mass is 9.78. The minimum absolute atomic E-state index is 0.339. The van der Waals surface area contributed by atoms with Crippen molar-refractivity contribution in [1.82, 2.24) is 0 Å². The summed E-state index contributed by atoms with van der Waals surface area (Å²) in [5.74, 6) is 2.91. The number of ether oxygens (including phenoxy) is 2. The van der Waals surface area contributed by atoms with Gasteiger partial charge in [0.2, 0.25) is 0 Å². The molecule has 1 saturated carbocycles. The molecule has 1 aliphatic carbocycles. The first-order valence-electron chi connectivity index (χ1n) is 12.2. The van der Waals surface area contributed by atoms with Gasteiger partial charge in [-0.2, -0.15) is 0 Å². The summed E-state index contributed by atoms with van der Waals surface area (Å²) in [4.78, 5) is 12.4. The highest BCUT2D eigenvalue weighted by molar-refractivity contribution is 5.91. The molecule has 3 rings (SSSR count). The Kier molecular flexibility index (Phi) is 9.45. The minimum atomic E-state index is -0.339. The molecule has 0 aromatic heterocycles. The van der Waals surface area contributed by atoms with E-state index in [1.165, 1.54) is 50.5 Å². The van der Waals surface area contributed by atoms with E-state index in [1.807, 2.05) is 36.4 Å². The first-order chi connectivity index (χ1) is 15.2. The molecule has 1 fully saturated rings. The van der Waals surface area contributed by atoms with E-state index >= 15 is 0 Å². The number of aryl methyl sites for hydroxylation is 1. The van der Waals surface area contributed by atoms with Gasteiger partial charge >= 0.3 is 5.97 Å². The second-order valence-corrected chi connectivity index (χ2v) is 8.97. The average Bonchev–Trinajstić information content (AvgIpc) is 2.80. The Hall–Kier alpha value is -2.29. The summed E-state index contributed by atoms with van der Waals surface area (Å²) < 4.78 is 11.4. The number of rotatable bonds is 11. The first kappa shape index (κ1) is 23.4. The maximum atomic E-state index is 12.4. The van der Waals surface area contributed by atoms with Crippen molar-refractivity contribution in [2.24, 2.45) is 11.8 Å². The highest BCUT2D eigenvalue weighted by Gasteiger charge is 2.20. The molecule has 0 N–H and O–H groups in total. The van der Waals surface area contributed by atoms with Gasteiger partial charge in [-0.3, -0.25) is 0 Å². The molecule has 168 valence electrons. The van der Waals surface area contributed by atoms with Crippen molar-refractivity contribution < 1.29 is 14.3 Å². The van der Waals surface area contributed by atoms with E-state index in [0.29, 0.717) is 11.3 Å². The summed E-state index contributed by atoms with van der Waals surface area (Å²) in [5.41, 5.74) is 1.79. The Labute approximate surface area is 188 Å². The number of hydrogen-bond acceptors (Lipinski definition) is 3. The third-order valence-electron chi connectivity index (χ3n) is 6.45. The summed E-state index contributed by atoms with van der Waals surface area (Å²) in [6.07, 6.45) is 12.9. The number of carbonyl (C=O) groups excluding carboxylic acids is 1. The molecule has 0 amide bonds. The van der Waals surface area contributed by atoms with Crippen LogP contribution < -0.4 is 9.47 Å². The van der Waals surface area contributed by atoms with Crippen LogP contribution in [0.4, 0.5) is 0 Å². The molecule has 31 heavy (non-hydrogen) atoms. The van der Waals surface area contributed by atoms with Crippen molar-refractivity contribution in [3.05, 3.63) is 59.7 Å². The molecule has 0 atom stereocenters. The third kappa shape index (κ3) is 7.72. The zero-order valence-electron chi connectivity index (χ0n) is 19.3. The molecule has 0 saturated heterocycles. The maximum absolute atomic E-state index is 12.4. The van der Waals surface area contributed by atoms with Crippen LogP contribution in [0.1, 0.15) is 87.6 Å². The van der Waals surface area contributed by atoms with Crippen LogP contribution in [0.25, 0.3) is 0 Å². The van der Waals surface area contributed by atoms with E-state index in [0.717, 1.165) is 43.5 Å². The van der Waals surface area contributed by atoms with Crippen molar-refractivity contribution in [1.29, 1.82) is 0 Å². The highest BCUT2D eigenvalue weighted by Crippen LogP contribution is 2.33. The molecule has 3 nitrogen and oxygen atoms in total.